The molecule has 2 N–H and O–H groups in total. The summed E-state index contributed by atoms with van der Waals surface area (Å²) in [7, 11) is -7.67. The first-order valence-corrected chi connectivity index (χ1v) is 5.99. The fraction of sp³-hybridized carbons (Fsp3) is 1.00. The second kappa shape index (κ2) is 5.29. The summed E-state index contributed by atoms with van der Waals surface area (Å²) < 4.78 is 48.4. The number of phosphoric ester groups is 2. The quantitative estimate of drug-likeness (QED) is 0.527. The van der Waals surface area contributed by atoms with Gasteiger partial charge in [0.15, 0.2) is 0 Å². The van der Waals surface area contributed by atoms with Gasteiger partial charge in [0.2, 0.25) is 0 Å². The third kappa shape index (κ3) is 5.79. The van der Waals surface area contributed by atoms with Gasteiger partial charge in [0, 0.05) is 14.2 Å². The number of hydrogen-bond acceptors (Lipinski definition) is 6. The first-order chi connectivity index (χ1) is 6.22. The Labute approximate surface area is 78.8 Å². The molecular formula is C3H9FO8P2. The van der Waals surface area contributed by atoms with Crippen LogP contribution in [-0.2, 0) is 27.2 Å². The lowest BCUT2D eigenvalue weighted by Crippen LogP contribution is -2.09. The van der Waals surface area contributed by atoms with Gasteiger partial charge < -0.3 is 9.79 Å². The molecule has 0 amide bonds. The summed E-state index contributed by atoms with van der Waals surface area (Å²) in [5.74, 6) is 0. The number of phosphoric acid groups is 2. The van der Waals surface area contributed by atoms with Gasteiger partial charge >= 0.3 is 22.2 Å². The first kappa shape index (κ1) is 14.2. The molecule has 0 aliphatic heterocycles. The van der Waals surface area contributed by atoms with Crippen LogP contribution < -0.4 is 0 Å². The predicted molar refractivity (Wildman–Crippen MR) is 40.7 cm³/mol. The van der Waals surface area contributed by atoms with E-state index in [2.05, 4.69) is 18.1 Å². The van der Waals surface area contributed by atoms with Crippen molar-refractivity contribution in [1.82, 2.24) is 0 Å². The van der Waals surface area contributed by atoms with Crippen LogP contribution in [0.15, 0.2) is 0 Å². The van der Waals surface area contributed by atoms with Gasteiger partial charge in [-0.25, -0.2) is 18.2 Å². The molecular weight excluding hydrogens is 245 g/mol. The Bertz CT molecular complexity index is 241. The molecule has 0 aromatic carbocycles. The Kier molecular flexibility index (Phi) is 5.35. The largest absolute Gasteiger partial charge is 0.476 e. The van der Waals surface area contributed by atoms with Gasteiger partial charge in [-0.2, -0.15) is 4.39 Å². The van der Waals surface area contributed by atoms with E-state index in [4.69, 9.17) is 9.79 Å². The van der Waals surface area contributed by atoms with E-state index in [1.165, 1.54) is 0 Å². The maximum absolute atomic E-state index is 12.5. The Morgan fingerprint density at radius 1 is 1.07 bits per heavy atom. The molecule has 0 bridgehead atoms. The van der Waals surface area contributed by atoms with Gasteiger partial charge in [0.05, 0.1) is 0 Å². The minimum absolute atomic E-state index is 0.780. The number of rotatable bonds is 6. The van der Waals surface area contributed by atoms with Crippen LogP contribution in [0.1, 0.15) is 0 Å². The predicted octanol–water partition coefficient (Wildman–Crippen LogP) is 0.766. The highest BCUT2D eigenvalue weighted by Gasteiger charge is 2.32. The van der Waals surface area contributed by atoms with Crippen molar-refractivity contribution in [3.05, 3.63) is 0 Å². The van der Waals surface area contributed by atoms with Crippen LogP contribution in [0.3, 0.4) is 0 Å². The van der Waals surface area contributed by atoms with Crippen LogP contribution in [0.2, 0.25) is 0 Å². The molecule has 2 unspecified atom stereocenters. The van der Waals surface area contributed by atoms with E-state index in [1.54, 1.807) is 0 Å². The highest BCUT2D eigenvalue weighted by molar-refractivity contribution is 7.48. The van der Waals surface area contributed by atoms with Gasteiger partial charge in [0.25, 0.3) is 0 Å². The molecule has 14 heavy (non-hydrogen) atoms. The summed E-state index contributed by atoms with van der Waals surface area (Å²) in [6.45, 7) is -2.92. The molecule has 0 fully saturated rings. The fourth-order valence-corrected chi connectivity index (χ4v) is 1.06. The van der Waals surface area contributed by atoms with Gasteiger partial charge in [-0.1, -0.05) is 0 Å². The summed E-state index contributed by atoms with van der Waals surface area (Å²) >= 11 is 0. The molecule has 0 aromatic rings. The van der Waals surface area contributed by atoms with E-state index < -0.39 is 22.2 Å². The first-order valence-electron chi connectivity index (χ1n) is 3.00. The molecule has 0 saturated carbocycles. The van der Waals surface area contributed by atoms with Crippen molar-refractivity contribution in [2.75, 3.05) is 14.2 Å². The summed E-state index contributed by atoms with van der Waals surface area (Å²) in [4.78, 5) is 17.1. The van der Waals surface area contributed by atoms with Gasteiger partial charge in [-0.15, -0.1) is 0 Å². The van der Waals surface area contributed by atoms with E-state index in [-0.39, 0.29) is 0 Å². The third-order valence-electron chi connectivity index (χ3n) is 0.894. The van der Waals surface area contributed by atoms with Gasteiger partial charge in [-0.3, -0.25) is 9.05 Å². The third-order valence-corrected chi connectivity index (χ3v) is 2.68. The molecule has 8 nitrogen and oxygen atoms in total. The second-order valence-electron chi connectivity index (χ2n) is 1.79. The molecule has 86 valence electrons. The minimum Gasteiger partial charge on any atom is -0.302 e. The van der Waals surface area contributed by atoms with Crippen LogP contribution in [0, 0.1) is 0 Å². The summed E-state index contributed by atoms with van der Waals surface area (Å²) in [6, 6.07) is 0. The molecule has 0 aliphatic rings. The molecule has 0 rings (SSSR count). The zero-order valence-corrected chi connectivity index (χ0v) is 8.98. The fourth-order valence-electron chi connectivity index (χ4n) is 0.315. The zero-order chi connectivity index (χ0) is 11.4. The van der Waals surface area contributed by atoms with Gasteiger partial charge in [-0.05, 0) is 0 Å². The Balaban J connectivity index is 4.18. The normalized spacial score (nSPS) is 22.4. The van der Waals surface area contributed by atoms with Crippen molar-refractivity contribution in [2.45, 2.75) is 6.54 Å². The molecule has 2 atom stereocenters. The molecule has 0 saturated heterocycles. The number of alkyl halides is 1. The Hall–Kier alpha value is 0.150. The van der Waals surface area contributed by atoms with Crippen molar-refractivity contribution in [2.24, 2.45) is 0 Å². The average Bonchev–Trinajstić information content (AvgIpc) is 2.02. The van der Waals surface area contributed by atoms with Crippen molar-refractivity contribution in [3.63, 3.8) is 0 Å². The van der Waals surface area contributed by atoms with Crippen molar-refractivity contribution >= 4 is 15.6 Å². The minimum atomic E-state index is -4.61. The summed E-state index contributed by atoms with van der Waals surface area (Å²) in [5, 5.41) is 0. The zero-order valence-electron chi connectivity index (χ0n) is 7.19. The molecule has 0 radical (unpaired) electrons. The van der Waals surface area contributed by atoms with Crippen LogP contribution in [0.5, 0.6) is 0 Å². The number of halogens is 1. The maximum Gasteiger partial charge on any atom is 0.476 e. The lowest BCUT2D eigenvalue weighted by molar-refractivity contribution is -0.125. The average molecular weight is 254 g/mol. The molecule has 0 spiro atoms. The summed E-state index contributed by atoms with van der Waals surface area (Å²) in [5.41, 5.74) is 0. The second-order valence-corrected chi connectivity index (χ2v) is 4.81. The lowest BCUT2D eigenvalue weighted by atomic mass is 11.4. The van der Waals surface area contributed by atoms with Crippen molar-refractivity contribution in [1.29, 1.82) is 0 Å². The monoisotopic (exact) mass is 254 g/mol. The highest BCUT2D eigenvalue weighted by atomic mass is 31.2. The Morgan fingerprint density at radius 3 is 1.57 bits per heavy atom. The van der Waals surface area contributed by atoms with E-state index >= 15 is 0 Å². The van der Waals surface area contributed by atoms with E-state index in [1.807, 2.05) is 0 Å². The van der Waals surface area contributed by atoms with Crippen LogP contribution in [0.25, 0.3) is 0 Å². The number of hydrogen-bond donors (Lipinski definition) is 2. The van der Waals surface area contributed by atoms with Crippen LogP contribution >= 0.6 is 15.6 Å². The topological polar surface area (TPSA) is 112 Å². The molecule has 0 heterocycles. The van der Waals surface area contributed by atoms with E-state index in [0.717, 1.165) is 14.2 Å². The summed E-state index contributed by atoms with van der Waals surface area (Å²) in [6.07, 6.45) is 0. The lowest BCUT2D eigenvalue weighted by Gasteiger charge is -2.15. The smallest absolute Gasteiger partial charge is 0.302 e. The van der Waals surface area contributed by atoms with Gasteiger partial charge in [0.1, 0.15) is 0 Å². The standard InChI is InChI=1S/C3H9FO8P2/c1-9-13(5,6)11-3(4)12-14(7,8)10-2/h3H,1-2H3,(H,5,6)(H,7,8). The highest BCUT2D eigenvalue weighted by Crippen LogP contribution is 2.49. The van der Waals surface area contributed by atoms with E-state index in [0.29, 0.717) is 0 Å². The Morgan fingerprint density at radius 2 is 1.36 bits per heavy atom. The van der Waals surface area contributed by atoms with Crippen molar-refractivity contribution in [3.8, 4) is 0 Å². The van der Waals surface area contributed by atoms with Crippen LogP contribution in [0.4, 0.5) is 4.39 Å². The maximum atomic E-state index is 12.5. The molecule has 11 heteroatoms. The van der Waals surface area contributed by atoms with Crippen molar-refractivity contribution < 1.29 is 41.4 Å². The molecule has 0 aliphatic carbocycles. The SMILES string of the molecule is COP(=O)(O)OC(F)OP(=O)(O)OC. The van der Waals surface area contributed by atoms with E-state index in [9.17, 15) is 13.5 Å². The molecule has 0 aromatic heterocycles. The van der Waals surface area contributed by atoms with Crippen LogP contribution in [-0.4, -0.2) is 30.6 Å².